The number of aromatic nitrogens is 2. The Morgan fingerprint density at radius 2 is 1.69 bits per heavy atom. The lowest BCUT2D eigenvalue weighted by Gasteiger charge is -2.05. The molecule has 2 amide bonds. The van der Waals surface area contributed by atoms with E-state index in [0.29, 0.717) is 31.6 Å². The molecular weight excluding hydrogens is 368 g/mol. The molecule has 2 N–H and O–H groups in total. The lowest BCUT2D eigenvalue weighted by molar-refractivity contribution is 0.0942. The van der Waals surface area contributed by atoms with E-state index in [9.17, 15) is 9.59 Å². The summed E-state index contributed by atoms with van der Waals surface area (Å²) in [6.45, 7) is 1.59. The fourth-order valence-corrected chi connectivity index (χ4v) is 3.09. The molecule has 3 aromatic rings. The fourth-order valence-electron chi connectivity index (χ4n) is 3.09. The number of ether oxygens (including phenoxy) is 1. The predicted octanol–water partition coefficient (Wildman–Crippen LogP) is 2.46. The molecule has 0 fully saturated rings. The average Bonchev–Trinajstić information content (AvgIpc) is 3.15. The average molecular weight is 394 g/mol. The quantitative estimate of drug-likeness (QED) is 0.518. The number of pyridine rings is 1. The van der Waals surface area contributed by atoms with Gasteiger partial charge >= 0.3 is 0 Å². The van der Waals surface area contributed by atoms with Gasteiger partial charge in [-0.2, -0.15) is 0 Å². The largest absolute Gasteiger partial charge is 0.385 e. The topological polar surface area (TPSA) is 84.7 Å². The third-order valence-corrected chi connectivity index (χ3v) is 4.55. The van der Waals surface area contributed by atoms with Crippen LogP contribution in [0, 0.1) is 0 Å². The van der Waals surface area contributed by atoms with Gasteiger partial charge in [-0.3, -0.25) is 14.0 Å². The summed E-state index contributed by atoms with van der Waals surface area (Å²) in [4.78, 5) is 29.5. The number of methoxy groups -OCH3 is 1. The van der Waals surface area contributed by atoms with E-state index in [0.717, 1.165) is 12.8 Å². The van der Waals surface area contributed by atoms with E-state index >= 15 is 0 Å². The minimum Gasteiger partial charge on any atom is -0.385 e. The number of nitrogens with zero attached hydrogens (tertiary/aromatic N) is 2. The second kappa shape index (κ2) is 10.4. The maximum absolute atomic E-state index is 12.7. The molecule has 0 aliphatic rings. The van der Waals surface area contributed by atoms with Crippen molar-refractivity contribution in [2.75, 3.05) is 26.8 Å². The summed E-state index contributed by atoms with van der Waals surface area (Å²) in [5.74, 6) is -0.382. The summed E-state index contributed by atoms with van der Waals surface area (Å²) in [5, 5.41) is 5.73. The number of hydrogen-bond acceptors (Lipinski definition) is 4. The van der Waals surface area contributed by atoms with Crippen molar-refractivity contribution in [3.05, 3.63) is 71.8 Å². The number of amides is 2. The van der Waals surface area contributed by atoms with Crippen molar-refractivity contribution >= 4 is 17.3 Å². The number of fused-ring (bicyclic) bond motifs is 1. The van der Waals surface area contributed by atoms with Gasteiger partial charge in [-0.1, -0.05) is 36.4 Å². The van der Waals surface area contributed by atoms with Gasteiger partial charge in [0.05, 0.1) is 5.52 Å². The lowest BCUT2D eigenvalue weighted by Crippen LogP contribution is -2.27. The van der Waals surface area contributed by atoms with E-state index in [4.69, 9.17) is 4.74 Å². The van der Waals surface area contributed by atoms with Gasteiger partial charge in [-0.15, -0.1) is 0 Å². The van der Waals surface area contributed by atoms with Crippen molar-refractivity contribution in [3.63, 3.8) is 0 Å². The first kappa shape index (κ1) is 20.5. The van der Waals surface area contributed by atoms with Crippen LogP contribution in [0.4, 0.5) is 0 Å². The molecule has 0 radical (unpaired) electrons. The van der Waals surface area contributed by atoms with E-state index < -0.39 is 0 Å². The fraction of sp³-hybridized carbons (Fsp3) is 0.318. The molecule has 0 bridgehead atoms. The standard InChI is InChI=1S/C22H26N4O3/c1-29-16-8-14-23-21(27)19-18-12-5-6-15-26(18)20(25-19)22(28)24-13-7-11-17-9-3-2-4-10-17/h2-6,9-10,12,15H,7-8,11,13-14,16H2,1H3,(H,23,27)(H,24,28). The highest BCUT2D eigenvalue weighted by atomic mass is 16.5. The van der Waals surface area contributed by atoms with E-state index in [1.165, 1.54) is 5.56 Å². The summed E-state index contributed by atoms with van der Waals surface area (Å²) >= 11 is 0. The Morgan fingerprint density at radius 1 is 0.966 bits per heavy atom. The molecule has 7 heteroatoms. The Kier molecular flexibility index (Phi) is 7.35. The monoisotopic (exact) mass is 394 g/mol. The molecule has 3 rings (SSSR count). The van der Waals surface area contributed by atoms with Gasteiger partial charge in [0.1, 0.15) is 0 Å². The molecule has 0 saturated heterocycles. The number of nitrogens with one attached hydrogen (secondary N) is 2. The Labute approximate surface area is 170 Å². The van der Waals surface area contributed by atoms with Gasteiger partial charge in [0.2, 0.25) is 5.82 Å². The number of aryl methyl sites for hydroxylation is 1. The Morgan fingerprint density at radius 3 is 2.48 bits per heavy atom. The minimum absolute atomic E-state index is 0.211. The van der Waals surface area contributed by atoms with E-state index in [1.54, 1.807) is 29.8 Å². The molecule has 0 atom stereocenters. The van der Waals surface area contributed by atoms with E-state index in [2.05, 4.69) is 27.8 Å². The molecule has 29 heavy (non-hydrogen) atoms. The first-order valence-corrected chi connectivity index (χ1v) is 9.77. The summed E-state index contributed by atoms with van der Waals surface area (Å²) < 4.78 is 6.64. The van der Waals surface area contributed by atoms with Crippen LogP contribution in [-0.4, -0.2) is 48.0 Å². The number of rotatable bonds is 10. The van der Waals surface area contributed by atoms with Gasteiger partial charge in [0, 0.05) is 33.0 Å². The summed E-state index contributed by atoms with van der Waals surface area (Å²) in [7, 11) is 1.62. The smallest absolute Gasteiger partial charge is 0.287 e. The van der Waals surface area contributed by atoms with Crippen LogP contribution in [-0.2, 0) is 11.2 Å². The number of hydrogen-bond donors (Lipinski definition) is 2. The van der Waals surface area contributed by atoms with Crippen molar-refractivity contribution in [2.45, 2.75) is 19.3 Å². The number of benzene rings is 1. The molecule has 2 heterocycles. The SMILES string of the molecule is COCCCNC(=O)c1nc(C(=O)NCCCc2ccccc2)n2ccccc12. The van der Waals surface area contributed by atoms with Crippen molar-refractivity contribution in [3.8, 4) is 0 Å². The third-order valence-electron chi connectivity index (χ3n) is 4.55. The molecule has 7 nitrogen and oxygen atoms in total. The maximum atomic E-state index is 12.7. The number of carbonyl (C=O) groups excluding carboxylic acids is 2. The Bertz CT molecular complexity index is 953. The number of carbonyl (C=O) groups is 2. The molecule has 0 spiro atoms. The molecule has 0 aliphatic carbocycles. The minimum atomic E-state index is -0.298. The number of imidazole rings is 1. The van der Waals surface area contributed by atoms with Crippen LogP contribution in [0.3, 0.4) is 0 Å². The highest BCUT2D eigenvalue weighted by Gasteiger charge is 2.20. The van der Waals surface area contributed by atoms with Gasteiger partial charge in [-0.25, -0.2) is 4.98 Å². The maximum Gasteiger partial charge on any atom is 0.287 e. The van der Waals surface area contributed by atoms with Gasteiger partial charge in [0.15, 0.2) is 5.69 Å². The Hall–Kier alpha value is -3.19. The second-order valence-corrected chi connectivity index (χ2v) is 6.69. The zero-order valence-corrected chi connectivity index (χ0v) is 16.6. The normalized spacial score (nSPS) is 10.8. The van der Waals surface area contributed by atoms with Crippen LogP contribution >= 0.6 is 0 Å². The van der Waals surface area contributed by atoms with Crippen molar-refractivity contribution < 1.29 is 14.3 Å². The van der Waals surface area contributed by atoms with Crippen LogP contribution in [0.25, 0.3) is 5.52 Å². The second-order valence-electron chi connectivity index (χ2n) is 6.69. The van der Waals surface area contributed by atoms with Crippen molar-refractivity contribution in [1.29, 1.82) is 0 Å². The first-order valence-electron chi connectivity index (χ1n) is 9.77. The van der Waals surface area contributed by atoms with Gasteiger partial charge in [-0.05, 0) is 37.0 Å². The third kappa shape index (κ3) is 5.42. The van der Waals surface area contributed by atoms with Crippen LogP contribution in [0.2, 0.25) is 0 Å². The molecule has 0 aliphatic heterocycles. The molecular formula is C22H26N4O3. The summed E-state index contributed by atoms with van der Waals surface area (Å²) in [6.07, 6.45) is 4.16. The van der Waals surface area contributed by atoms with Gasteiger partial charge < -0.3 is 15.4 Å². The Balaban J connectivity index is 1.64. The zero-order chi connectivity index (χ0) is 20.5. The highest BCUT2D eigenvalue weighted by molar-refractivity contribution is 6.02. The van der Waals surface area contributed by atoms with E-state index in [-0.39, 0.29) is 23.3 Å². The zero-order valence-electron chi connectivity index (χ0n) is 16.6. The van der Waals surface area contributed by atoms with Crippen molar-refractivity contribution in [2.24, 2.45) is 0 Å². The molecule has 2 aromatic heterocycles. The highest BCUT2D eigenvalue weighted by Crippen LogP contribution is 2.13. The summed E-state index contributed by atoms with van der Waals surface area (Å²) in [5.41, 5.74) is 2.09. The van der Waals surface area contributed by atoms with Crippen LogP contribution in [0.5, 0.6) is 0 Å². The molecule has 0 saturated carbocycles. The van der Waals surface area contributed by atoms with E-state index in [1.807, 2.05) is 24.3 Å². The first-order chi connectivity index (χ1) is 14.2. The predicted molar refractivity (Wildman–Crippen MR) is 111 cm³/mol. The summed E-state index contributed by atoms with van der Waals surface area (Å²) in [6, 6.07) is 15.5. The van der Waals surface area contributed by atoms with Crippen LogP contribution in [0.15, 0.2) is 54.7 Å². The lowest BCUT2D eigenvalue weighted by atomic mass is 10.1. The van der Waals surface area contributed by atoms with Gasteiger partial charge in [0.25, 0.3) is 11.8 Å². The van der Waals surface area contributed by atoms with Crippen LogP contribution < -0.4 is 10.6 Å². The van der Waals surface area contributed by atoms with Crippen molar-refractivity contribution in [1.82, 2.24) is 20.0 Å². The van der Waals surface area contributed by atoms with Crippen LogP contribution in [0.1, 0.15) is 39.5 Å². The molecule has 152 valence electrons. The molecule has 1 aromatic carbocycles. The molecule has 0 unspecified atom stereocenters.